The number of esters is 2. The lowest BCUT2D eigenvalue weighted by atomic mass is 9.85. The molecule has 0 amide bonds. The van der Waals surface area contributed by atoms with Gasteiger partial charge in [0.05, 0.1) is 12.2 Å². The fourth-order valence-electron chi connectivity index (χ4n) is 4.31. The van der Waals surface area contributed by atoms with E-state index in [1.807, 2.05) is 40.7 Å². The fourth-order valence-corrected chi connectivity index (χ4v) is 4.31. The number of rotatable bonds is 10. The van der Waals surface area contributed by atoms with Crippen LogP contribution in [0.1, 0.15) is 87.0 Å². The average molecular weight is 453 g/mol. The first-order chi connectivity index (χ1) is 14.8. The Labute approximate surface area is 192 Å². The molecule has 2 fully saturated rings. The van der Waals surface area contributed by atoms with Gasteiger partial charge in [0.1, 0.15) is 29.7 Å². The van der Waals surface area contributed by atoms with E-state index in [2.05, 4.69) is 0 Å². The molecule has 32 heavy (non-hydrogen) atoms. The molecule has 2 aliphatic heterocycles. The number of hydrogen-bond acceptors (Lipinski definition) is 7. The first kappa shape index (κ1) is 26.5. The molecule has 7 heteroatoms. The Hall–Kier alpha value is -1.73. The van der Waals surface area contributed by atoms with Gasteiger partial charge >= 0.3 is 11.9 Å². The quantitative estimate of drug-likeness (QED) is 0.277. The molecule has 4 atom stereocenters. The van der Waals surface area contributed by atoms with Crippen LogP contribution in [0.3, 0.4) is 0 Å². The minimum atomic E-state index is -0.640. The van der Waals surface area contributed by atoms with Gasteiger partial charge in [-0.05, 0) is 71.4 Å². The summed E-state index contributed by atoms with van der Waals surface area (Å²) < 4.78 is 22.6. The van der Waals surface area contributed by atoms with Crippen LogP contribution >= 0.6 is 0 Å². The van der Waals surface area contributed by atoms with Crippen molar-refractivity contribution >= 4 is 17.7 Å². The van der Waals surface area contributed by atoms with Crippen molar-refractivity contribution in [2.75, 3.05) is 13.2 Å². The third-order valence-electron chi connectivity index (χ3n) is 7.05. The molecule has 0 radical (unpaired) electrons. The van der Waals surface area contributed by atoms with E-state index in [0.29, 0.717) is 32.3 Å². The highest BCUT2D eigenvalue weighted by Gasteiger charge is 2.60. The van der Waals surface area contributed by atoms with Crippen LogP contribution in [-0.2, 0) is 33.3 Å². The summed E-state index contributed by atoms with van der Waals surface area (Å²) >= 11 is 0. The summed E-state index contributed by atoms with van der Waals surface area (Å²) in [6.07, 6.45) is 5.48. The molecule has 0 aliphatic carbocycles. The minimum absolute atomic E-state index is 0.0624. The Morgan fingerprint density at radius 2 is 1.81 bits per heavy atom. The van der Waals surface area contributed by atoms with E-state index >= 15 is 0 Å². The predicted molar refractivity (Wildman–Crippen MR) is 120 cm³/mol. The molecule has 0 bridgehead atoms. The number of epoxide rings is 1. The van der Waals surface area contributed by atoms with Gasteiger partial charge in [0, 0.05) is 26.2 Å². The number of ketones is 1. The zero-order valence-corrected chi connectivity index (χ0v) is 20.7. The predicted octanol–water partition coefficient (Wildman–Crippen LogP) is 4.31. The summed E-state index contributed by atoms with van der Waals surface area (Å²) in [5, 5.41) is 0. The van der Waals surface area contributed by atoms with E-state index in [9.17, 15) is 14.4 Å². The van der Waals surface area contributed by atoms with E-state index in [-0.39, 0.29) is 47.6 Å². The van der Waals surface area contributed by atoms with Gasteiger partial charge in [-0.3, -0.25) is 14.4 Å². The standard InChI is InChI=1S/C25H40O7/c1-17(21(28)15-25(7)23(4,5)32-25)9-8-13-24(6)22(31-19(3)27)11-10-20(16-30-24)12-14-29-18(2)26/h12,17,22H,8-11,13-16H2,1-7H3/b20-12+/t17?,22-,24+,25?/m1/s1. The van der Waals surface area contributed by atoms with Crippen LogP contribution in [0.5, 0.6) is 0 Å². The van der Waals surface area contributed by atoms with Gasteiger partial charge < -0.3 is 18.9 Å². The first-order valence-electron chi connectivity index (χ1n) is 11.6. The highest BCUT2D eigenvalue weighted by molar-refractivity contribution is 5.82. The van der Waals surface area contributed by atoms with E-state index in [0.717, 1.165) is 18.4 Å². The van der Waals surface area contributed by atoms with Gasteiger partial charge in [-0.15, -0.1) is 0 Å². The number of Topliss-reactive ketones (excluding diaryl/α,β-unsaturated/α-hetero) is 1. The molecular weight excluding hydrogens is 412 g/mol. The van der Waals surface area contributed by atoms with Gasteiger partial charge in [0.2, 0.25) is 0 Å². The summed E-state index contributed by atoms with van der Waals surface area (Å²) in [7, 11) is 0. The SMILES string of the molecule is CC(=O)OC/C=C1\CC[C@@H](OC(C)=O)[C@](C)(CCCC(C)C(=O)CC2(C)OC2(C)C)OC1. The Kier molecular flexibility index (Phi) is 8.68. The monoisotopic (exact) mass is 452 g/mol. The van der Waals surface area contributed by atoms with Crippen molar-refractivity contribution in [3.05, 3.63) is 11.6 Å². The average Bonchev–Trinajstić information content (AvgIpc) is 3.21. The van der Waals surface area contributed by atoms with Gasteiger partial charge in [-0.2, -0.15) is 0 Å². The highest BCUT2D eigenvalue weighted by Crippen LogP contribution is 2.50. The summed E-state index contributed by atoms with van der Waals surface area (Å²) in [5.74, 6) is -0.501. The molecule has 0 aromatic carbocycles. The Balaban J connectivity index is 1.93. The first-order valence-corrected chi connectivity index (χ1v) is 11.6. The summed E-state index contributed by atoms with van der Waals surface area (Å²) in [5.41, 5.74) is -0.207. The van der Waals surface area contributed by atoms with Gasteiger partial charge in [0.15, 0.2) is 0 Å². The van der Waals surface area contributed by atoms with Crippen LogP contribution in [0.15, 0.2) is 11.6 Å². The second-order valence-electron chi connectivity index (χ2n) is 10.2. The number of hydrogen-bond donors (Lipinski definition) is 0. The van der Waals surface area contributed by atoms with Crippen molar-refractivity contribution in [2.45, 2.75) is 110 Å². The van der Waals surface area contributed by atoms with Crippen molar-refractivity contribution in [3.8, 4) is 0 Å². The second kappa shape index (κ2) is 10.5. The van der Waals surface area contributed by atoms with Crippen molar-refractivity contribution in [1.29, 1.82) is 0 Å². The molecule has 2 aliphatic rings. The minimum Gasteiger partial charge on any atom is -0.462 e. The lowest BCUT2D eigenvalue weighted by Gasteiger charge is -2.35. The van der Waals surface area contributed by atoms with Gasteiger partial charge in [-0.1, -0.05) is 6.92 Å². The maximum absolute atomic E-state index is 12.7. The largest absolute Gasteiger partial charge is 0.462 e. The molecule has 0 saturated carbocycles. The molecule has 0 aromatic heterocycles. The molecule has 0 aromatic rings. The van der Waals surface area contributed by atoms with E-state index in [4.69, 9.17) is 18.9 Å². The zero-order valence-electron chi connectivity index (χ0n) is 20.7. The van der Waals surface area contributed by atoms with Crippen LogP contribution in [0.25, 0.3) is 0 Å². The van der Waals surface area contributed by atoms with E-state index < -0.39 is 5.60 Å². The Bertz CT molecular complexity index is 741. The van der Waals surface area contributed by atoms with Gasteiger partial charge in [0.25, 0.3) is 0 Å². The maximum atomic E-state index is 12.7. The Morgan fingerprint density at radius 1 is 1.16 bits per heavy atom. The third kappa shape index (κ3) is 7.14. The van der Waals surface area contributed by atoms with Crippen LogP contribution in [-0.4, -0.2) is 53.8 Å². The van der Waals surface area contributed by atoms with E-state index in [1.165, 1.54) is 13.8 Å². The molecule has 2 heterocycles. The van der Waals surface area contributed by atoms with Crippen LogP contribution in [0.4, 0.5) is 0 Å². The fraction of sp³-hybridized carbons (Fsp3) is 0.800. The zero-order chi connectivity index (χ0) is 24.2. The second-order valence-corrected chi connectivity index (χ2v) is 10.2. The van der Waals surface area contributed by atoms with Gasteiger partial charge in [-0.25, -0.2) is 0 Å². The number of ether oxygens (including phenoxy) is 4. The van der Waals surface area contributed by atoms with Crippen molar-refractivity contribution in [2.24, 2.45) is 5.92 Å². The summed E-state index contributed by atoms with van der Waals surface area (Å²) in [6, 6.07) is 0. The topological polar surface area (TPSA) is 91.4 Å². The number of carbonyl (C=O) groups excluding carboxylic acids is 3. The normalized spacial score (nSPS) is 31.5. The molecule has 7 nitrogen and oxygen atoms in total. The van der Waals surface area contributed by atoms with Crippen molar-refractivity contribution < 1.29 is 33.3 Å². The molecule has 0 spiro atoms. The highest BCUT2D eigenvalue weighted by atomic mass is 16.6. The molecular formula is C25H40O7. The van der Waals surface area contributed by atoms with Crippen LogP contribution in [0, 0.1) is 5.92 Å². The maximum Gasteiger partial charge on any atom is 0.303 e. The molecule has 0 N–H and O–H groups in total. The molecule has 2 unspecified atom stereocenters. The lowest BCUT2D eigenvalue weighted by molar-refractivity contribution is -0.167. The van der Waals surface area contributed by atoms with Crippen molar-refractivity contribution in [3.63, 3.8) is 0 Å². The Morgan fingerprint density at radius 3 is 2.38 bits per heavy atom. The molecule has 182 valence electrons. The summed E-state index contributed by atoms with van der Waals surface area (Å²) in [6.45, 7) is 13.4. The number of carbonyl (C=O) groups is 3. The summed E-state index contributed by atoms with van der Waals surface area (Å²) in [4.78, 5) is 35.4. The molecule has 2 rings (SSSR count). The molecule has 2 saturated heterocycles. The smallest absolute Gasteiger partial charge is 0.303 e. The van der Waals surface area contributed by atoms with Crippen LogP contribution < -0.4 is 0 Å². The van der Waals surface area contributed by atoms with Crippen LogP contribution in [0.2, 0.25) is 0 Å². The lowest BCUT2D eigenvalue weighted by Crippen LogP contribution is -2.43. The third-order valence-corrected chi connectivity index (χ3v) is 7.05. The van der Waals surface area contributed by atoms with Crippen molar-refractivity contribution in [1.82, 2.24) is 0 Å². The van der Waals surface area contributed by atoms with E-state index in [1.54, 1.807) is 0 Å².